The van der Waals surface area contributed by atoms with Crippen LogP contribution in [-0.4, -0.2) is 28.5 Å². The van der Waals surface area contributed by atoms with Crippen molar-refractivity contribution in [3.05, 3.63) is 12.3 Å². The lowest BCUT2D eigenvalue weighted by Gasteiger charge is -2.04. The van der Waals surface area contributed by atoms with Crippen molar-refractivity contribution in [3.8, 4) is 0 Å². The van der Waals surface area contributed by atoms with E-state index in [0.717, 1.165) is 18.1 Å². The van der Waals surface area contributed by atoms with Gasteiger partial charge in [-0.1, -0.05) is 0 Å². The highest BCUT2D eigenvalue weighted by atomic mass is 32.2. The van der Waals surface area contributed by atoms with Crippen molar-refractivity contribution in [2.45, 2.75) is 0 Å². The molecule has 1 rings (SSSR count). The largest absolute Gasteiger partial charge is 0.369 e. The summed E-state index contributed by atoms with van der Waals surface area (Å²) in [7, 11) is 0. The number of anilines is 2. The van der Waals surface area contributed by atoms with Gasteiger partial charge in [0.2, 0.25) is 5.95 Å². The third kappa shape index (κ3) is 3.47. The number of nitrogen functional groups attached to an aromatic ring is 1. The van der Waals surface area contributed by atoms with E-state index in [1.54, 1.807) is 24.0 Å². The Morgan fingerprint density at radius 1 is 1.62 bits per heavy atom. The van der Waals surface area contributed by atoms with Gasteiger partial charge in [0, 0.05) is 18.5 Å². The molecule has 0 spiro atoms. The second kappa shape index (κ2) is 5.60. The van der Waals surface area contributed by atoms with E-state index < -0.39 is 0 Å². The second-order valence-corrected chi connectivity index (χ2v) is 3.32. The zero-order valence-electron chi connectivity index (χ0n) is 7.45. The van der Waals surface area contributed by atoms with Crippen LogP contribution in [0, 0.1) is 0 Å². The van der Waals surface area contributed by atoms with Gasteiger partial charge < -0.3 is 5.32 Å². The molecular weight excluding hydrogens is 186 g/mol. The van der Waals surface area contributed by atoms with Gasteiger partial charge in [-0.15, -0.1) is 0 Å². The summed E-state index contributed by atoms with van der Waals surface area (Å²) in [4.78, 5) is 7.99. The molecule has 0 radical (unpaired) electrons. The van der Waals surface area contributed by atoms with Crippen molar-refractivity contribution in [1.82, 2.24) is 9.97 Å². The van der Waals surface area contributed by atoms with Crippen LogP contribution >= 0.6 is 11.8 Å². The number of thioether (sulfide) groups is 1. The predicted molar refractivity (Wildman–Crippen MR) is 56.7 cm³/mol. The van der Waals surface area contributed by atoms with Crippen LogP contribution in [0.4, 0.5) is 11.8 Å². The Morgan fingerprint density at radius 2 is 2.46 bits per heavy atom. The average Bonchev–Trinajstić information content (AvgIpc) is 2.19. The molecule has 0 aliphatic heterocycles. The van der Waals surface area contributed by atoms with Crippen molar-refractivity contribution in [1.29, 1.82) is 0 Å². The van der Waals surface area contributed by atoms with E-state index in [1.807, 2.05) is 0 Å². The molecule has 0 aliphatic carbocycles. The van der Waals surface area contributed by atoms with Crippen molar-refractivity contribution in [2.24, 2.45) is 5.84 Å². The first-order valence-electron chi connectivity index (χ1n) is 3.89. The molecule has 0 unspecified atom stereocenters. The second-order valence-electron chi connectivity index (χ2n) is 2.33. The van der Waals surface area contributed by atoms with Crippen LogP contribution in [0.5, 0.6) is 0 Å². The fourth-order valence-corrected chi connectivity index (χ4v) is 1.11. The molecule has 4 N–H and O–H groups in total. The summed E-state index contributed by atoms with van der Waals surface area (Å²) in [6, 6.07) is 1.81. The third-order valence-electron chi connectivity index (χ3n) is 1.40. The summed E-state index contributed by atoms with van der Waals surface area (Å²) >= 11 is 1.78. The van der Waals surface area contributed by atoms with Crippen molar-refractivity contribution >= 4 is 23.5 Å². The lowest BCUT2D eigenvalue weighted by atomic mass is 10.5. The predicted octanol–water partition coefficient (Wildman–Crippen LogP) is 0.537. The van der Waals surface area contributed by atoms with Crippen LogP contribution in [0.1, 0.15) is 0 Å². The molecule has 0 fully saturated rings. The minimum Gasteiger partial charge on any atom is -0.369 e. The van der Waals surface area contributed by atoms with Gasteiger partial charge in [-0.25, -0.2) is 10.8 Å². The molecule has 0 aliphatic rings. The first-order chi connectivity index (χ1) is 6.36. The molecule has 13 heavy (non-hydrogen) atoms. The zero-order valence-corrected chi connectivity index (χ0v) is 8.27. The minimum atomic E-state index is 0.425. The lowest BCUT2D eigenvalue weighted by molar-refractivity contribution is 1.09. The summed E-state index contributed by atoms with van der Waals surface area (Å²) in [5, 5.41) is 3.15. The molecule has 0 bridgehead atoms. The van der Waals surface area contributed by atoms with Gasteiger partial charge in [-0.3, -0.25) is 5.43 Å². The number of nitrogens with one attached hydrogen (secondary N) is 2. The Balaban J connectivity index is 2.46. The topological polar surface area (TPSA) is 75.9 Å². The molecule has 0 saturated heterocycles. The molecular formula is C7H13N5S. The fourth-order valence-electron chi connectivity index (χ4n) is 0.808. The van der Waals surface area contributed by atoms with Gasteiger partial charge in [0.05, 0.1) is 0 Å². The van der Waals surface area contributed by atoms with E-state index in [4.69, 9.17) is 5.84 Å². The normalized spacial score (nSPS) is 9.69. The van der Waals surface area contributed by atoms with E-state index >= 15 is 0 Å². The van der Waals surface area contributed by atoms with E-state index in [1.165, 1.54) is 0 Å². The number of nitrogens with zero attached hydrogens (tertiary/aromatic N) is 2. The molecule has 1 heterocycles. The van der Waals surface area contributed by atoms with Crippen LogP contribution in [0.25, 0.3) is 0 Å². The van der Waals surface area contributed by atoms with E-state index in [0.29, 0.717) is 5.95 Å². The molecule has 6 heteroatoms. The summed E-state index contributed by atoms with van der Waals surface area (Å²) in [6.07, 6.45) is 3.72. The van der Waals surface area contributed by atoms with Crippen LogP contribution < -0.4 is 16.6 Å². The molecule has 0 amide bonds. The van der Waals surface area contributed by atoms with Gasteiger partial charge in [0.1, 0.15) is 5.82 Å². The number of aromatic nitrogens is 2. The fraction of sp³-hybridized carbons (Fsp3) is 0.429. The van der Waals surface area contributed by atoms with Gasteiger partial charge in [-0.2, -0.15) is 16.7 Å². The van der Waals surface area contributed by atoms with Crippen molar-refractivity contribution in [3.63, 3.8) is 0 Å². The third-order valence-corrected chi connectivity index (χ3v) is 2.01. The number of hydrogen-bond acceptors (Lipinski definition) is 6. The Labute approximate surface area is 81.5 Å². The van der Waals surface area contributed by atoms with Crippen LogP contribution in [0.15, 0.2) is 12.3 Å². The molecule has 1 aromatic rings. The van der Waals surface area contributed by atoms with Gasteiger partial charge in [-0.05, 0) is 12.3 Å². The quantitative estimate of drug-likeness (QED) is 0.365. The van der Waals surface area contributed by atoms with E-state index in [2.05, 4.69) is 27.0 Å². The molecule has 72 valence electrons. The molecule has 5 nitrogen and oxygen atoms in total. The summed E-state index contributed by atoms with van der Waals surface area (Å²) in [5.74, 6) is 7.43. The van der Waals surface area contributed by atoms with Gasteiger partial charge >= 0.3 is 0 Å². The monoisotopic (exact) mass is 199 g/mol. The van der Waals surface area contributed by atoms with Crippen LogP contribution in [0.2, 0.25) is 0 Å². The first-order valence-corrected chi connectivity index (χ1v) is 5.28. The van der Waals surface area contributed by atoms with E-state index in [9.17, 15) is 0 Å². The Kier molecular flexibility index (Phi) is 4.34. The maximum Gasteiger partial charge on any atom is 0.239 e. The summed E-state index contributed by atoms with van der Waals surface area (Å²) < 4.78 is 0. The maximum absolute atomic E-state index is 5.17. The highest BCUT2D eigenvalue weighted by Gasteiger charge is 1.95. The molecule has 0 atom stereocenters. The number of hydrogen-bond donors (Lipinski definition) is 3. The standard InChI is InChI=1S/C7H13N5S/c1-13-5-4-9-6-2-3-10-7(11-6)12-8/h2-3H,4-5,8H2,1H3,(H2,9,10,11,12). The summed E-state index contributed by atoms with van der Waals surface area (Å²) in [5.41, 5.74) is 2.39. The van der Waals surface area contributed by atoms with Gasteiger partial charge in [0.15, 0.2) is 0 Å². The van der Waals surface area contributed by atoms with Crippen LogP contribution in [-0.2, 0) is 0 Å². The Bertz CT molecular complexity index is 254. The average molecular weight is 199 g/mol. The number of nitrogens with two attached hydrogens (primary N) is 1. The molecule has 0 saturated carbocycles. The minimum absolute atomic E-state index is 0.425. The first kappa shape index (κ1) is 10.1. The maximum atomic E-state index is 5.17. The van der Waals surface area contributed by atoms with Gasteiger partial charge in [0.25, 0.3) is 0 Å². The van der Waals surface area contributed by atoms with E-state index in [-0.39, 0.29) is 0 Å². The van der Waals surface area contributed by atoms with Crippen molar-refractivity contribution < 1.29 is 0 Å². The number of hydrazine groups is 1. The number of rotatable bonds is 5. The Hall–Kier alpha value is -1.01. The highest BCUT2D eigenvalue weighted by Crippen LogP contribution is 2.04. The smallest absolute Gasteiger partial charge is 0.239 e. The Morgan fingerprint density at radius 3 is 3.15 bits per heavy atom. The highest BCUT2D eigenvalue weighted by molar-refractivity contribution is 7.98. The SMILES string of the molecule is CSCCNc1ccnc(NN)n1. The summed E-state index contributed by atoms with van der Waals surface area (Å²) in [6.45, 7) is 0.891. The van der Waals surface area contributed by atoms with Crippen molar-refractivity contribution in [2.75, 3.05) is 29.3 Å². The zero-order chi connectivity index (χ0) is 9.52. The molecule has 1 aromatic heterocycles. The van der Waals surface area contributed by atoms with Crippen LogP contribution in [0.3, 0.4) is 0 Å². The lowest BCUT2D eigenvalue weighted by Crippen LogP contribution is -2.12. The molecule has 0 aromatic carbocycles.